The Bertz CT molecular complexity index is 202. The van der Waals surface area contributed by atoms with Gasteiger partial charge in [-0.2, -0.15) is 0 Å². The monoisotopic (exact) mass is 156 g/mol. The largest absolute Gasteiger partial charge is 0.462 e. The molecule has 0 heterocycles. The van der Waals surface area contributed by atoms with Gasteiger partial charge in [0.15, 0.2) is 18.3 Å². The van der Waals surface area contributed by atoms with Crippen molar-refractivity contribution >= 4 is 0 Å². The third-order valence-corrected chi connectivity index (χ3v) is 0.864. The summed E-state index contributed by atoms with van der Waals surface area (Å²) < 4.78 is 4.57. The third-order valence-electron chi connectivity index (χ3n) is 0.864. The van der Waals surface area contributed by atoms with Gasteiger partial charge in [0.25, 0.3) is 0 Å². The second-order valence-electron chi connectivity index (χ2n) is 1.59. The summed E-state index contributed by atoms with van der Waals surface area (Å²) in [5.41, 5.74) is 0. The number of hydrogen-bond acceptors (Lipinski definition) is 4. The standard InChI is InChI=1S/C7H8O4/c8-3-1-7(2-4-9)11-6-5-10/h7-10H,1,3H2. The lowest BCUT2D eigenvalue weighted by atomic mass is 10.3. The van der Waals surface area contributed by atoms with E-state index in [4.69, 9.17) is 15.3 Å². The van der Waals surface area contributed by atoms with Crippen LogP contribution in [-0.2, 0) is 4.74 Å². The smallest absolute Gasteiger partial charge is 0.176 e. The van der Waals surface area contributed by atoms with E-state index in [-0.39, 0.29) is 13.0 Å². The van der Waals surface area contributed by atoms with E-state index in [2.05, 4.69) is 10.7 Å². The van der Waals surface area contributed by atoms with Gasteiger partial charge in [0, 0.05) is 13.0 Å². The van der Waals surface area contributed by atoms with Crippen molar-refractivity contribution in [1.29, 1.82) is 0 Å². The average Bonchev–Trinajstić information content (AvgIpc) is 2.01. The van der Waals surface area contributed by atoms with Crippen molar-refractivity contribution in [3.05, 3.63) is 0 Å². The fourth-order valence-corrected chi connectivity index (χ4v) is 0.447. The Morgan fingerprint density at radius 2 is 2.00 bits per heavy atom. The van der Waals surface area contributed by atoms with Gasteiger partial charge in [-0.15, -0.1) is 0 Å². The van der Waals surface area contributed by atoms with Crippen LogP contribution in [-0.4, -0.2) is 28.0 Å². The van der Waals surface area contributed by atoms with Crippen LogP contribution in [0.1, 0.15) is 6.42 Å². The quantitative estimate of drug-likeness (QED) is 0.476. The van der Waals surface area contributed by atoms with E-state index in [9.17, 15) is 0 Å². The Kier molecular flexibility index (Phi) is 5.69. The number of aliphatic hydroxyl groups is 3. The fourth-order valence-electron chi connectivity index (χ4n) is 0.447. The molecule has 4 nitrogen and oxygen atoms in total. The minimum Gasteiger partial charge on any atom is -0.462 e. The Morgan fingerprint density at radius 1 is 1.27 bits per heavy atom. The van der Waals surface area contributed by atoms with Crippen molar-refractivity contribution in [3.63, 3.8) is 0 Å². The zero-order valence-corrected chi connectivity index (χ0v) is 5.74. The first-order valence-electron chi connectivity index (χ1n) is 2.90. The van der Waals surface area contributed by atoms with E-state index in [1.54, 1.807) is 6.11 Å². The second-order valence-corrected chi connectivity index (χ2v) is 1.59. The molecule has 0 amide bonds. The van der Waals surface area contributed by atoms with Crippen molar-refractivity contribution in [2.75, 3.05) is 6.61 Å². The normalized spacial score (nSPS) is 9.91. The maximum atomic E-state index is 8.42. The molecular formula is C7H8O4. The van der Waals surface area contributed by atoms with Gasteiger partial charge in [0.2, 0.25) is 0 Å². The summed E-state index contributed by atoms with van der Waals surface area (Å²) in [6, 6.07) is 0. The predicted octanol–water partition coefficient (Wildman–Crippen LogP) is -0.622. The van der Waals surface area contributed by atoms with E-state index in [0.29, 0.717) is 0 Å². The first-order chi connectivity index (χ1) is 5.35. The SMILES string of the molecule is OC#COC(C#CO)CCO. The molecule has 0 saturated carbocycles. The molecule has 0 rings (SSSR count). The van der Waals surface area contributed by atoms with Crippen molar-refractivity contribution < 1.29 is 20.1 Å². The molecular weight excluding hydrogens is 148 g/mol. The molecule has 0 aliphatic rings. The molecule has 0 aliphatic carbocycles. The molecule has 4 heteroatoms. The summed E-state index contributed by atoms with van der Waals surface area (Å²) in [6.07, 6.45) is 4.61. The van der Waals surface area contributed by atoms with Gasteiger partial charge in [-0.05, 0) is 5.92 Å². The number of ether oxygens (including phenoxy) is 1. The molecule has 0 aromatic rings. The maximum Gasteiger partial charge on any atom is 0.176 e. The van der Waals surface area contributed by atoms with Crippen LogP contribution in [0.15, 0.2) is 0 Å². The highest BCUT2D eigenvalue weighted by atomic mass is 16.5. The average molecular weight is 156 g/mol. The molecule has 0 bridgehead atoms. The molecule has 0 aromatic carbocycles. The highest BCUT2D eigenvalue weighted by Crippen LogP contribution is 1.93. The molecule has 3 N–H and O–H groups in total. The molecule has 0 aliphatic heterocycles. The summed E-state index contributed by atoms with van der Waals surface area (Å²) in [4.78, 5) is 0. The minimum absolute atomic E-state index is 0.119. The van der Waals surface area contributed by atoms with Crippen LogP contribution in [0.5, 0.6) is 0 Å². The zero-order chi connectivity index (χ0) is 8.53. The van der Waals surface area contributed by atoms with E-state index >= 15 is 0 Å². The Balaban J connectivity index is 3.81. The van der Waals surface area contributed by atoms with Gasteiger partial charge in [0.1, 0.15) is 6.11 Å². The van der Waals surface area contributed by atoms with Gasteiger partial charge < -0.3 is 20.1 Å². The highest BCUT2D eigenvalue weighted by Gasteiger charge is 2.02. The number of hydrogen-bond donors (Lipinski definition) is 3. The van der Waals surface area contributed by atoms with E-state index in [0.717, 1.165) is 0 Å². The van der Waals surface area contributed by atoms with Crippen molar-refractivity contribution in [1.82, 2.24) is 0 Å². The van der Waals surface area contributed by atoms with Gasteiger partial charge >= 0.3 is 0 Å². The summed E-state index contributed by atoms with van der Waals surface area (Å²) in [5, 5.41) is 24.5. The first kappa shape index (κ1) is 9.48. The first-order valence-corrected chi connectivity index (χ1v) is 2.90. The van der Waals surface area contributed by atoms with Crippen molar-refractivity contribution in [2.45, 2.75) is 12.5 Å². The summed E-state index contributed by atoms with van der Waals surface area (Å²) in [5.74, 6) is 2.23. The van der Waals surface area contributed by atoms with Crippen LogP contribution < -0.4 is 0 Å². The van der Waals surface area contributed by atoms with Gasteiger partial charge in [-0.1, -0.05) is 0 Å². The van der Waals surface area contributed by atoms with E-state index in [1.165, 1.54) is 6.11 Å². The predicted molar refractivity (Wildman–Crippen MR) is 36.0 cm³/mol. The molecule has 0 fully saturated rings. The molecule has 0 aromatic heterocycles. The molecule has 1 atom stereocenters. The summed E-state index contributed by atoms with van der Waals surface area (Å²) in [7, 11) is 0. The second kappa shape index (κ2) is 6.60. The number of aliphatic hydroxyl groups excluding tert-OH is 3. The van der Waals surface area contributed by atoms with Crippen LogP contribution in [0.4, 0.5) is 0 Å². The highest BCUT2D eigenvalue weighted by molar-refractivity contribution is 5.00. The Hall–Kier alpha value is -1.52. The van der Waals surface area contributed by atoms with Gasteiger partial charge in [-0.3, -0.25) is 0 Å². The topological polar surface area (TPSA) is 69.9 Å². The fraction of sp³-hybridized carbons (Fsp3) is 0.429. The van der Waals surface area contributed by atoms with Gasteiger partial charge in [-0.25, -0.2) is 0 Å². The van der Waals surface area contributed by atoms with Crippen molar-refractivity contribution in [3.8, 4) is 24.2 Å². The lowest BCUT2D eigenvalue weighted by molar-refractivity contribution is 0.168. The maximum absolute atomic E-state index is 8.42. The molecule has 0 radical (unpaired) electrons. The van der Waals surface area contributed by atoms with Gasteiger partial charge in [0.05, 0.1) is 0 Å². The Labute approximate surface area is 64.4 Å². The Morgan fingerprint density at radius 3 is 2.45 bits per heavy atom. The molecule has 60 valence electrons. The van der Waals surface area contributed by atoms with E-state index < -0.39 is 6.10 Å². The summed E-state index contributed by atoms with van der Waals surface area (Å²) >= 11 is 0. The zero-order valence-electron chi connectivity index (χ0n) is 5.74. The summed E-state index contributed by atoms with van der Waals surface area (Å²) in [6.45, 7) is -0.119. The van der Waals surface area contributed by atoms with Crippen LogP contribution in [0.3, 0.4) is 0 Å². The molecule has 11 heavy (non-hydrogen) atoms. The molecule has 0 saturated heterocycles. The third kappa shape index (κ3) is 4.95. The minimum atomic E-state index is -0.662. The van der Waals surface area contributed by atoms with Crippen LogP contribution >= 0.6 is 0 Å². The van der Waals surface area contributed by atoms with E-state index in [1.807, 2.05) is 6.11 Å². The van der Waals surface area contributed by atoms with Crippen LogP contribution in [0.2, 0.25) is 0 Å². The number of rotatable bonds is 3. The lowest BCUT2D eigenvalue weighted by Crippen LogP contribution is -2.09. The van der Waals surface area contributed by atoms with Crippen molar-refractivity contribution in [2.24, 2.45) is 0 Å². The van der Waals surface area contributed by atoms with Crippen LogP contribution in [0, 0.1) is 24.2 Å². The van der Waals surface area contributed by atoms with Crippen LogP contribution in [0.25, 0.3) is 0 Å². The lowest BCUT2D eigenvalue weighted by Gasteiger charge is -2.03. The molecule has 1 unspecified atom stereocenters. The molecule has 0 spiro atoms.